The van der Waals surface area contributed by atoms with Gasteiger partial charge in [-0.25, -0.2) is 9.59 Å². The van der Waals surface area contributed by atoms with E-state index in [2.05, 4.69) is 33.1 Å². The molecule has 8 nitrogen and oxygen atoms in total. The zero-order chi connectivity index (χ0) is 56.3. The zero-order valence-electron chi connectivity index (χ0n) is 44.5. The van der Waals surface area contributed by atoms with Gasteiger partial charge in [0.2, 0.25) is 0 Å². The molecule has 4 aliphatic rings. The number of amides is 2. The van der Waals surface area contributed by atoms with Gasteiger partial charge in [0.15, 0.2) is 0 Å². The minimum absolute atomic E-state index is 0.00516. The lowest BCUT2D eigenvalue weighted by Gasteiger charge is -2.47. The first-order valence-corrected chi connectivity index (χ1v) is 27.4. The molecular formula is C54H77BrF12N4O4. The number of nitrogens with one attached hydrogen (secondary N) is 1. The summed E-state index contributed by atoms with van der Waals surface area (Å²) in [5, 5.41) is 3.78. The van der Waals surface area contributed by atoms with E-state index in [0.717, 1.165) is 70.0 Å². The van der Waals surface area contributed by atoms with Crippen molar-refractivity contribution in [3.8, 4) is 0 Å². The van der Waals surface area contributed by atoms with Crippen molar-refractivity contribution >= 4 is 28.1 Å². The van der Waals surface area contributed by atoms with Gasteiger partial charge in [0.05, 0.1) is 22.3 Å². The van der Waals surface area contributed by atoms with Crippen molar-refractivity contribution in [2.45, 2.75) is 242 Å². The molecular weight excluding hydrogens is 1080 g/mol. The molecule has 0 radical (unpaired) electrons. The molecule has 2 aliphatic carbocycles. The van der Waals surface area contributed by atoms with Gasteiger partial charge < -0.3 is 24.6 Å². The van der Waals surface area contributed by atoms with Gasteiger partial charge >= 0.3 is 36.9 Å². The first-order chi connectivity index (χ1) is 34.6. The third-order valence-electron chi connectivity index (χ3n) is 14.0. The summed E-state index contributed by atoms with van der Waals surface area (Å²) in [5.74, 6) is 0. The maximum Gasteiger partial charge on any atom is 0.416 e. The van der Waals surface area contributed by atoms with E-state index in [1.54, 1.807) is 25.7 Å². The predicted molar refractivity (Wildman–Crippen MR) is 268 cm³/mol. The molecule has 4 fully saturated rings. The van der Waals surface area contributed by atoms with E-state index in [0.29, 0.717) is 56.1 Å². The maximum atomic E-state index is 13.5. The Morgan fingerprint density at radius 1 is 0.533 bits per heavy atom. The lowest BCUT2D eigenvalue weighted by atomic mass is 9.88. The van der Waals surface area contributed by atoms with E-state index < -0.39 is 64.3 Å². The first kappa shape index (κ1) is 64.1. The van der Waals surface area contributed by atoms with Gasteiger partial charge in [-0.3, -0.25) is 4.90 Å². The minimum atomic E-state index is -4.88. The first-order valence-electron chi connectivity index (χ1n) is 26.3. The highest BCUT2D eigenvalue weighted by Crippen LogP contribution is 2.40. The van der Waals surface area contributed by atoms with E-state index in [4.69, 9.17) is 9.47 Å². The standard InChI is InChI=1S/C27H38F6N2O2.C18H34N2O2.C9H5BrF6/c1-5-21-16-23(11-12-34(21)24(36)37-25(2,3)4)35(22-9-7-6-8-10-22)17-18-13-19(26(28,29)30)15-20(14-18)27(31,32)33;1-5-16-13-15(19-14-9-7-6-8-10-14)11-12-20(16)17(21)22-18(2,3)4;10-4-5-1-6(8(11,12)13)3-7(2-5)9(14,15)16/h13-15,21-23H,5-12,16-17H2,1-4H3;14-16,19H,5-13H2,1-4H3;1-3H,4H2. The lowest BCUT2D eigenvalue weighted by Crippen LogP contribution is -2.54. The van der Waals surface area contributed by atoms with Crippen LogP contribution in [0.2, 0.25) is 0 Å². The Morgan fingerprint density at radius 2 is 0.920 bits per heavy atom. The number of hydrogen-bond acceptors (Lipinski definition) is 6. The fraction of sp³-hybridized carbons (Fsp3) is 0.741. The van der Waals surface area contributed by atoms with Gasteiger partial charge in [-0.1, -0.05) is 68.3 Å². The van der Waals surface area contributed by atoms with Crippen molar-refractivity contribution in [3.05, 3.63) is 69.8 Å². The molecule has 2 aromatic rings. The van der Waals surface area contributed by atoms with E-state index >= 15 is 0 Å². The van der Waals surface area contributed by atoms with Crippen LogP contribution in [0.5, 0.6) is 0 Å². The Bertz CT molecular complexity index is 2050. The summed E-state index contributed by atoms with van der Waals surface area (Å²) >= 11 is 2.82. The van der Waals surface area contributed by atoms with Crippen LogP contribution in [0.25, 0.3) is 0 Å². The van der Waals surface area contributed by atoms with Gasteiger partial charge in [0, 0.05) is 61.2 Å². The zero-order valence-corrected chi connectivity index (χ0v) is 46.0. The highest BCUT2D eigenvalue weighted by molar-refractivity contribution is 9.08. The van der Waals surface area contributed by atoms with Crippen molar-refractivity contribution in [2.24, 2.45) is 0 Å². The molecule has 2 heterocycles. The number of nitrogens with zero attached hydrogens (tertiary/aromatic N) is 3. The van der Waals surface area contributed by atoms with Crippen LogP contribution in [0.1, 0.15) is 192 Å². The molecule has 2 amide bonds. The van der Waals surface area contributed by atoms with E-state index in [9.17, 15) is 62.3 Å². The molecule has 428 valence electrons. The largest absolute Gasteiger partial charge is 0.444 e. The van der Waals surface area contributed by atoms with Crippen LogP contribution >= 0.6 is 15.9 Å². The summed E-state index contributed by atoms with van der Waals surface area (Å²) in [6, 6.07) is 4.81. The van der Waals surface area contributed by atoms with Gasteiger partial charge in [0.1, 0.15) is 11.2 Å². The van der Waals surface area contributed by atoms with Crippen molar-refractivity contribution in [1.82, 2.24) is 20.0 Å². The number of hydrogen-bond donors (Lipinski definition) is 1. The van der Waals surface area contributed by atoms with Crippen molar-refractivity contribution in [1.29, 1.82) is 0 Å². The Labute approximate surface area is 443 Å². The fourth-order valence-electron chi connectivity index (χ4n) is 10.4. The average Bonchev–Trinajstić information content (AvgIpc) is 3.31. The van der Waals surface area contributed by atoms with Gasteiger partial charge in [0.25, 0.3) is 0 Å². The predicted octanol–water partition coefficient (Wildman–Crippen LogP) is 16.7. The minimum Gasteiger partial charge on any atom is -0.444 e. The summed E-state index contributed by atoms with van der Waals surface area (Å²) in [6.45, 7) is 16.6. The number of carbonyl (C=O) groups excluding carboxylic acids is 2. The monoisotopic (exact) mass is 1150 g/mol. The molecule has 2 saturated heterocycles. The highest BCUT2D eigenvalue weighted by atomic mass is 79.9. The average molecular weight is 1150 g/mol. The molecule has 2 saturated carbocycles. The smallest absolute Gasteiger partial charge is 0.416 e. The normalized spacial score (nSPS) is 21.9. The number of rotatable bonds is 9. The fourth-order valence-corrected chi connectivity index (χ4v) is 10.7. The Balaban J connectivity index is 0.000000270. The SMILES string of the molecule is CCC1CC(N(Cc2cc(C(F)(F)F)cc(C(F)(F)F)c2)C2CCCCC2)CCN1C(=O)OC(C)(C)C.CCC1CC(NC2CCCCC2)CCN1C(=O)OC(C)(C)C.FC(F)(F)c1cc(CBr)cc(C(F)(F)F)c1. The Kier molecular flexibility index (Phi) is 23.0. The van der Waals surface area contributed by atoms with Crippen LogP contribution in [-0.4, -0.2) is 87.4 Å². The summed E-state index contributed by atoms with van der Waals surface area (Å²) in [5.41, 5.74) is -6.27. The van der Waals surface area contributed by atoms with E-state index in [1.165, 1.54) is 32.1 Å². The van der Waals surface area contributed by atoms with Crippen LogP contribution in [0.4, 0.5) is 62.3 Å². The number of carbonyl (C=O) groups is 2. The molecule has 2 aliphatic heterocycles. The van der Waals surface area contributed by atoms with Crippen LogP contribution in [0.15, 0.2) is 36.4 Å². The molecule has 75 heavy (non-hydrogen) atoms. The maximum absolute atomic E-state index is 13.5. The molecule has 6 rings (SSSR count). The van der Waals surface area contributed by atoms with Crippen LogP contribution in [0.3, 0.4) is 0 Å². The number of likely N-dealkylation sites (tertiary alicyclic amines) is 2. The van der Waals surface area contributed by atoms with Gasteiger partial charge in [-0.15, -0.1) is 0 Å². The molecule has 2 aromatic carbocycles. The second-order valence-electron chi connectivity index (χ2n) is 22.3. The quantitative estimate of drug-likeness (QED) is 0.199. The van der Waals surface area contributed by atoms with Crippen LogP contribution in [0, 0.1) is 0 Å². The molecule has 0 bridgehead atoms. The Hall–Kier alpha value is -3.46. The van der Waals surface area contributed by atoms with E-state index in [-0.39, 0.29) is 59.4 Å². The summed E-state index contributed by atoms with van der Waals surface area (Å²) in [7, 11) is 0. The molecule has 4 atom stereocenters. The van der Waals surface area contributed by atoms with Crippen molar-refractivity contribution in [2.75, 3.05) is 13.1 Å². The van der Waals surface area contributed by atoms with Gasteiger partial charge in [-0.05, 0) is 153 Å². The second-order valence-corrected chi connectivity index (χ2v) is 22.9. The third kappa shape index (κ3) is 20.7. The summed E-state index contributed by atoms with van der Waals surface area (Å²) in [4.78, 5) is 30.9. The number of halogens is 13. The molecule has 21 heteroatoms. The van der Waals surface area contributed by atoms with Crippen molar-refractivity contribution < 1.29 is 71.7 Å². The summed E-state index contributed by atoms with van der Waals surface area (Å²) in [6.07, 6.45) is -3.38. The Morgan fingerprint density at radius 3 is 1.31 bits per heavy atom. The van der Waals surface area contributed by atoms with Crippen LogP contribution in [-0.2, 0) is 46.1 Å². The number of alkyl halides is 13. The van der Waals surface area contributed by atoms with E-state index in [1.807, 2.05) is 32.6 Å². The van der Waals surface area contributed by atoms with Crippen molar-refractivity contribution in [3.63, 3.8) is 0 Å². The third-order valence-corrected chi connectivity index (χ3v) is 14.7. The molecule has 0 aromatic heterocycles. The number of ether oxygens (including phenoxy) is 2. The lowest BCUT2D eigenvalue weighted by molar-refractivity contribution is -0.144. The van der Waals surface area contributed by atoms with Crippen LogP contribution < -0.4 is 5.32 Å². The highest BCUT2D eigenvalue weighted by Gasteiger charge is 2.41. The molecule has 1 N–H and O–H groups in total. The topological polar surface area (TPSA) is 74.4 Å². The molecule has 4 unspecified atom stereocenters. The number of piperidine rings is 2. The molecule has 0 spiro atoms. The summed E-state index contributed by atoms with van der Waals surface area (Å²) < 4.78 is 166. The number of benzene rings is 2. The van der Waals surface area contributed by atoms with Gasteiger partial charge in [-0.2, -0.15) is 52.7 Å². The second kappa shape index (κ2) is 26.9.